The highest BCUT2D eigenvalue weighted by molar-refractivity contribution is 6.31. The minimum Gasteiger partial charge on any atom is -0.455 e. The number of carbonyl (C=O) groups is 2. The van der Waals surface area contributed by atoms with Crippen LogP contribution in [0.3, 0.4) is 0 Å². The van der Waals surface area contributed by atoms with Crippen LogP contribution < -0.4 is 10.7 Å². The van der Waals surface area contributed by atoms with Gasteiger partial charge >= 0.3 is 0 Å². The van der Waals surface area contributed by atoms with Crippen LogP contribution in [0, 0.1) is 6.92 Å². The van der Waals surface area contributed by atoms with Gasteiger partial charge in [-0.25, -0.2) is 5.43 Å². The summed E-state index contributed by atoms with van der Waals surface area (Å²) in [6.07, 6.45) is 5.30. The number of fused-ring (bicyclic) bond motifs is 1. The maximum absolute atomic E-state index is 12.8. The maximum Gasteiger partial charge on any atom is 0.291 e. The quantitative estimate of drug-likeness (QED) is 0.610. The Balaban J connectivity index is 1.57. The Labute approximate surface area is 178 Å². The van der Waals surface area contributed by atoms with Crippen LogP contribution in [0.4, 0.5) is 5.69 Å². The summed E-state index contributed by atoms with van der Waals surface area (Å²) in [4.78, 5) is 28.9. The van der Waals surface area contributed by atoms with E-state index in [1.54, 1.807) is 48.8 Å². The summed E-state index contributed by atoms with van der Waals surface area (Å²) in [5.74, 6) is 0.253. The van der Waals surface area contributed by atoms with E-state index in [2.05, 4.69) is 20.8 Å². The maximum atomic E-state index is 12.8. The van der Waals surface area contributed by atoms with E-state index < -0.39 is 0 Å². The van der Waals surface area contributed by atoms with Crippen LogP contribution in [0.2, 0.25) is 5.02 Å². The van der Waals surface area contributed by atoms with Gasteiger partial charge in [-0.15, -0.1) is 0 Å². The second-order valence-corrected chi connectivity index (χ2v) is 7.34. The predicted molar refractivity (Wildman–Crippen MR) is 114 cm³/mol. The van der Waals surface area contributed by atoms with Gasteiger partial charge in [-0.3, -0.25) is 14.6 Å². The molecule has 30 heavy (non-hydrogen) atoms. The third-order valence-corrected chi connectivity index (χ3v) is 5.08. The monoisotopic (exact) mass is 422 g/mol. The first-order valence-corrected chi connectivity index (χ1v) is 9.87. The first-order valence-electron chi connectivity index (χ1n) is 9.49. The molecule has 2 N–H and O–H groups in total. The molecule has 0 bridgehead atoms. The molecular formula is C22H19ClN4O3. The molecule has 8 heteroatoms. The lowest BCUT2D eigenvalue weighted by molar-refractivity contribution is 0.0953. The van der Waals surface area contributed by atoms with Crippen molar-refractivity contribution in [1.82, 2.24) is 10.4 Å². The number of nitrogens with zero attached hydrogens (tertiary/aromatic N) is 2. The molecule has 4 rings (SSSR count). The van der Waals surface area contributed by atoms with Gasteiger partial charge in [0, 0.05) is 46.2 Å². The van der Waals surface area contributed by atoms with Crippen molar-refractivity contribution in [2.45, 2.75) is 26.2 Å². The summed E-state index contributed by atoms with van der Waals surface area (Å²) in [7, 11) is 0. The molecule has 3 aromatic rings. The number of nitrogens with one attached hydrogen (secondary N) is 2. The third kappa shape index (κ3) is 4.11. The smallest absolute Gasteiger partial charge is 0.291 e. The van der Waals surface area contributed by atoms with Crippen LogP contribution in [-0.4, -0.2) is 22.5 Å². The van der Waals surface area contributed by atoms with Gasteiger partial charge in [0.05, 0.1) is 5.71 Å². The molecule has 0 saturated heterocycles. The van der Waals surface area contributed by atoms with Gasteiger partial charge in [0.25, 0.3) is 11.8 Å². The molecule has 1 aromatic carbocycles. The Hall–Kier alpha value is -3.45. The lowest BCUT2D eigenvalue weighted by Crippen LogP contribution is -2.22. The van der Waals surface area contributed by atoms with Gasteiger partial charge in [0.2, 0.25) is 0 Å². The number of furan rings is 1. The largest absolute Gasteiger partial charge is 0.455 e. The number of rotatable bonds is 4. The molecular weight excluding hydrogens is 404 g/mol. The highest BCUT2D eigenvalue weighted by Gasteiger charge is 2.28. The van der Waals surface area contributed by atoms with Gasteiger partial charge in [-0.2, -0.15) is 5.10 Å². The molecule has 0 fully saturated rings. The predicted octanol–water partition coefficient (Wildman–Crippen LogP) is 4.36. The number of benzene rings is 1. The van der Waals surface area contributed by atoms with Gasteiger partial charge < -0.3 is 9.73 Å². The van der Waals surface area contributed by atoms with Crippen molar-refractivity contribution in [1.29, 1.82) is 0 Å². The number of aryl methyl sites for hydroxylation is 1. The normalized spacial score (nSPS) is 14.3. The number of hydrazone groups is 1. The number of amides is 2. The molecule has 0 saturated carbocycles. The lowest BCUT2D eigenvalue weighted by atomic mass is 9.93. The number of halogens is 1. The molecule has 2 amide bonds. The van der Waals surface area contributed by atoms with Crippen LogP contribution in [0.15, 0.2) is 58.3 Å². The Morgan fingerprint density at radius 1 is 1.13 bits per heavy atom. The number of hydrogen-bond acceptors (Lipinski definition) is 5. The van der Waals surface area contributed by atoms with E-state index in [1.165, 1.54) is 0 Å². The van der Waals surface area contributed by atoms with E-state index in [1.807, 2.05) is 6.92 Å². The van der Waals surface area contributed by atoms with E-state index in [0.29, 0.717) is 46.2 Å². The van der Waals surface area contributed by atoms with Gasteiger partial charge in [0.1, 0.15) is 5.76 Å². The molecule has 1 aliphatic carbocycles. The SMILES string of the molecule is Cc1c(C(=O)Nc2cccc(Cl)c2)oc2c1/C(=N/NC(=O)c1ccncc1)CCC2. The van der Waals surface area contributed by atoms with Crippen molar-refractivity contribution in [3.8, 4) is 0 Å². The van der Waals surface area contributed by atoms with Crippen molar-refractivity contribution in [2.24, 2.45) is 5.10 Å². The van der Waals surface area contributed by atoms with Crippen molar-refractivity contribution in [3.63, 3.8) is 0 Å². The minimum atomic E-state index is -0.357. The van der Waals surface area contributed by atoms with Crippen LogP contribution >= 0.6 is 11.6 Å². The van der Waals surface area contributed by atoms with Crippen LogP contribution in [0.25, 0.3) is 0 Å². The average molecular weight is 423 g/mol. The average Bonchev–Trinajstić information content (AvgIpc) is 3.10. The number of aromatic nitrogens is 1. The standard InChI is InChI=1S/C22H19ClN4O3/c1-13-19-17(26-27-21(28)14-8-10-24-11-9-14)6-3-7-18(19)30-20(13)22(29)25-16-5-2-4-15(23)12-16/h2,4-5,8-12H,3,6-7H2,1H3,(H,25,29)(H,27,28)/b26-17+. The molecule has 152 valence electrons. The zero-order valence-corrected chi connectivity index (χ0v) is 17.0. The summed E-state index contributed by atoms with van der Waals surface area (Å²) < 4.78 is 5.88. The summed E-state index contributed by atoms with van der Waals surface area (Å²) in [6, 6.07) is 10.1. The lowest BCUT2D eigenvalue weighted by Gasteiger charge is -2.13. The first-order chi connectivity index (χ1) is 14.5. The number of carbonyl (C=O) groups excluding carboxylic acids is 2. The fourth-order valence-corrected chi connectivity index (χ4v) is 3.63. The highest BCUT2D eigenvalue weighted by atomic mass is 35.5. The molecule has 2 heterocycles. The van der Waals surface area contributed by atoms with Crippen LogP contribution in [-0.2, 0) is 6.42 Å². The minimum absolute atomic E-state index is 0.232. The molecule has 2 aromatic heterocycles. The number of anilines is 1. The van der Waals surface area contributed by atoms with E-state index in [4.69, 9.17) is 16.0 Å². The summed E-state index contributed by atoms with van der Waals surface area (Å²) >= 11 is 5.98. The molecule has 0 unspecified atom stereocenters. The Morgan fingerprint density at radius 3 is 2.70 bits per heavy atom. The number of hydrogen-bond donors (Lipinski definition) is 2. The molecule has 0 radical (unpaired) electrons. The summed E-state index contributed by atoms with van der Waals surface area (Å²) in [5.41, 5.74) is 5.81. The van der Waals surface area contributed by atoms with Gasteiger partial charge in [-0.1, -0.05) is 17.7 Å². The van der Waals surface area contributed by atoms with E-state index >= 15 is 0 Å². The molecule has 0 atom stereocenters. The second kappa shape index (κ2) is 8.51. The summed E-state index contributed by atoms with van der Waals surface area (Å²) in [6.45, 7) is 1.82. The highest BCUT2D eigenvalue weighted by Crippen LogP contribution is 2.30. The van der Waals surface area contributed by atoms with Crippen molar-refractivity contribution in [3.05, 3.63) is 82.0 Å². The van der Waals surface area contributed by atoms with E-state index in [0.717, 1.165) is 12.0 Å². The van der Waals surface area contributed by atoms with Crippen molar-refractivity contribution in [2.75, 3.05) is 5.32 Å². The van der Waals surface area contributed by atoms with Gasteiger partial charge in [0.15, 0.2) is 5.76 Å². The molecule has 0 aliphatic heterocycles. The molecule has 0 spiro atoms. The van der Waals surface area contributed by atoms with E-state index in [9.17, 15) is 9.59 Å². The summed E-state index contributed by atoms with van der Waals surface area (Å²) in [5, 5.41) is 7.65. The Bertz CT molecular complexity index is 1140. The third-order valence-electron chi connectivity index (χ3n) is 4.85. The molecule has 7 nitrogen and oxygen atoms in total. The zero-order valence-electron chi connectivity index (χ0n) is 16.2. The first kappa shape index (κ1) is 19.8. The van der Waals surface area contributed by atoms with Crippen LogP contribution in [0.5, 0.6) is 0 Å². The van der Waals surface area contributed by atoms with Crippen molar-refractivity contribution >= 4 is 34.8 Å². The van der Waals surface area contributed by atoms with Crippen molar-refractivity contribution < 1.29 is 14.0 Å². The fourth-order valence-electron chi connectivity index (χ4n) is 3.44. The topological polar surface area (TPSA) is 96.6 Å². The van der Waals surface area contributed by atoms with Crippen LogP contribution in [0.1, 0.15) is 50.6 Å². The Morgan fingerprint density at radius 2 is 1.93 bits per heavy atom. The second-order valence-electron chi connectivity index (χ2n) is 6.91. The van der Waals surface area contributed by atoms with Gasteiger partial charge in [-0.05, 0) is 50.1 Å². The molecule has 1 aliphatic rings. The Kier molecular flexibility index (Phi) is 5.63. The fraction of sp³-hybridized carbons (Fsp3) is 0.182. The van der Waals surface area contributed by atoms with E-state index in [-0.39, 0.29) is 17.6 Å². The number of pyridine rings is 1. The zero-order chi connectivity index (χ0) is 21.1.